The van der Waals surface area contributed by atoms with Crippen molar-refractivity contribution in [2.75, 3.05) is 25.4 Å². The van der Waals surface area contributed by atoms with Gasteiger partial charge >= 0.3 is 0 Å². The van der Waals surface area contributed by atoms with E-state index in [1.165, 1.54) is 31.8 Å². The van der Waals surface area contributed by atoms with E-state index in [-0.39, 0.29) is 0 Å². The second-order valence-electron chi connectivity index (χ2n) is 2.57. The van der Waals surface area contributed by atoms with Crippen molar-refractivity contribution < 1.29 is 0 Å². The van der Waals surface area contributed by atoms with Crippen molar-refractivity contribution in [1.29, 1.82) is 0 Å². The molecule has 0 aromatic heterocycles. The molecule has 0 radical (unpaired) electrons. The van der Waals surface area contributed by atoms with Gasteiger partial charge in [0, 0.05) is 25.4 Å². The van der Waals surface area contributed by atoms with Crippen molar-refractivity contribution in [2.45, 2.75) is 11.9 Å². The molecule has 1 unspecified atom stereocenters. The van der Waals surface area contributed by atoms with Crippen LogP contribution < -0.4 is 5.32 Å². The van der Waals surface area contributed by atoms with Gasteiger partial charge in [-0.15, -0.1) is 11.8 Å². The van der Waals surface area contributed by atoms with Crippen molar-refractivity contribution >= 4 is 11.8 Å². The first-order chi connectivity index (χ1) is 4.47. The van der Waals surface area contributed by atoms with E-state index in [2.05, 4.69) is 10.2 Å². The van der Waals surface area contributed by atoms with Crippen molar-refractivity contribution in [3.8, 4) is 0 Å². The zero-order valence-corrected chi connectivity index (χ0v) is 6.28. The van der Waals surface area contributed by atoms with Crippen LogP contribution in [-0.4, -0.2) is 35.8 Å². The highest BCUT2D eigenvalue weighted by atomic mass is 32.2. The molecule has 0 aromatic carbocycles. The van der Waals surface area contributed by atoms with E-state index < -0.39 is 0 Å². The van der Waals surface area contributed by atoms with E-state index >= 15 is 0 Å². The van der Waals surface area contributed by atoms with Gasteiger partial charge in [-0.3, -0.25) is 10.2 Å². The Bertz CT molecular complexity index is 97.2. The fourth-order valence-electron chi connectivity index (χ4n) is 1.22. The van der Waals surface area contributed by atoms with Crippen LogP contribution in [0.3, 0.4) is 0 Å². The Labute approximate surface area is 60.0 Å². The Morgan fingerprint density at radius 1 is 1.44 bits per heavy atom. The van der Waals surface area contributed by atoms with E-state index in [0.717, 1.165) is 0 Å². The third kappa shape index (κ3) is 1.09. The maximum absolute atomic E-state index is 3.45. The van der Waals surface area contributed by atoms with Crippen LogP contribution in [0, 0.1) is 0 Å². The molecule has 0 saturated carbocycles. The number of hydrogen-bond acceptors (Lipinski definition) is 3. The standard InChI is InChI=1S/C6H12N2S/c1-3-8(4-1)6-7-2-5-9-6/h6-7H,1-5H2. The lowest BCUT2D eigenvalue weighted by Crippen LogP contribution is -2.48. The molecule has 2 fully saturated rings. The molecule has 1 atom stereocenters. The maximum atomic E-state index is 3.45. The van der Waals surface area contributed by atoms with E-state index in [4.69, 9.17) is 0 Å². The average molecular weight is 144 g/mol. The van der Waals surface area contributed by atoms with E-state index in [1.54, 1.807) is 0 Å². The number of nitrogens with zero attached hydrogens (tertiary/aromatic N) is 1. The van der Waals surface area contributed by atoms with Crippen LogP contribution in [0.2, 0.25) is 0 Å². The quantitative estimate of drug-likeness (QED) is 0.570. The molecule has 3 heteroatoms. The minimum absolute atomic E-state index is 0.666. The van der Waals surface area contributed by atoms with Gasteiger partial charge in [-0.25, -0.2) is 0 Å². The summed E-state index contributed by atoms with van der Waals surface area (Å²) in [5, 5.41) is 3.45. The lowest BCUT2D eigenvalue weighted by atomic mass is 10.2. The summed E-state index contributed by atoms with van der Waals surface area (Å²) in [6, 6.07) is 0. The molecule has 2 rings (SSSR count). The van der Waals surface area contributed by atoms with Crippen LogP contribution in [0.5, 0.6) is 0 Å². The number of thioether (sulfide) groups is 1. The number of likely N-dealkylation sites (tertiary alicyclic amines) is 1. The second-order valence-corrected chi connectivity index (χ2v) is 3.75. The third-order valence-corrected chi connectivity index (χ3v) is 3.14. The largest absolute Gasteiger partial charge is 0.292 e. The Hall–Kier alpha value is 0.270. The maximum Gasteiger partial charge on any atom is 0.108 e. The highest BCUT2D eigenvalue weighted by Crippen LogP contribution is 2.22. The van der Waals surface area contributed by atoms with E-state index in [1.807, 2.05) is 11.8 Å². The van der Waals surface area contributed by atoms with E-state index in [9.17, 15) is 0 Å². The summed E-state index contributed by atoms with van der Waals surface area (Å²) in [6.07, 6.45) is 1.40. The molecule has 0 spiro atoms. The van der Waals surface area contributed by atoms with Gasteiger partial charge in [0.05, 0.1) is 0 Å². The van der Waals surface area contributed by atoms with Crippen LogP contribution in [0.25, 0.3) is 0 Å². The van der Waals surface area contributed by atoms with Gasteiger partial charge in [0.1, 0.15) is 5.50 Å². The summed E-state index contributed by atoms with van der Waals surface area (Å²) >= 11 is 2.04. The Kier molecular flexibility index (Phi) is 1.66. The minimum Gasteiger partial charge on any atom is -0.292 e. The number of hydrogen-bond donors (Lipinski definition) is 1. The van der Waals surface area contributed by atoms with Gasteiger partial charge in [-0.1, -0.05) is 0 Å². The third-order valence-electron chi connectivity index (χ3n) is 1.92. The van der Waals surface area contributed by atoms with Crippen molar-refractivity contribution in [1.82, 2.24) is 10.2 Å². The molecule has 0 bridgehead atoms. The van der Waals surface area contributed by atoms with Crippen molar-refractivity contribution in [3.63, 3.8) is 0 Å². The molecule has 52 valence electrons. The summed E-state index contributed by atoms with van der Waals surface area (Å²) in [4.78, 5) is 2.50. The van der Waals surface area contributed by atoms with Crippen molar-refractivity contribution in [3.05, 3.63) is 0 Å². The lowest BCUT2D eigenvalue weighted by molar-refractivity contribution is 0.152. The summed E-state index contributed by atoms with van der Waals surface area (Å²) in [5.41, 5.74) is 0.666. The van der Waals surface area contributed by atoms with Gasteiger partial charge in [0.15, 0.2) is 0 Å². The molecule has 1 N–H and O–H groups in total. The molecule has 2 aliphatic rings. The Morgan fingerprint density at radius 2 is 2.33 bits per heavy atom. The molecular weight excluding hydrogens is 132 g/mol. The monoisotopic (exact) mass is 144 g/mol. The fourth-order valence-corrected chi connectivity index (χ4v) is 2.34. The molecule has 2 heterocycles. The van der Waals surface area contributed by atoms with Crippen LogP contribution in [0.4, 0.5) is 0 Å². The molecule has 0 aromatic rings. The second kappa shape index (κ2) is 2.48. The molecular formula is C6H12N2S. The van der Waals surface area contributed by atoms with Crippen LogP contribution in [0.1, 0.15) is 6.42 Å². The van der Waals surface area contributed by atoms with Gasteiger partial charge in [-0.2, -0.15) is 0 Å². The first-order valence-corrected chi connectivity index (χ1v) is 4.61. The van der Waals surface area contributed by atoms with Crippen molar-refractivity contribution in [2.24, 2.45) is 0 Å². The summed E-state index contributed by atoms with van der Waals surface area (Å²) in [5.74, 6) is 1.29. The van der Waals surface area contributed by atoms with Crippen LogP contribution in [-0.2, 0) is 0 Å². The van der Waals surface area contributed by atoms with Gasteiger partial charge in [-0.05, 0) is 6.42 Å². The molecule has 2 nitrogen and oxygen atoms in total. The fraction of sp³-hybridized carbons (Fsp3) is 1.00. The smallest absolute Gasteiger partial charge is 0.108 e. The van der Waals surface area contributed by atoms with E-state index in [0.29, 0.717) is 5.50 Å². The summed E-state index contributed by atoms with van der Waals surface area (Å²) < 4.78 is 0. The number of rotatable bonds is 1. The average Bonchev–Trinajstić information content (AvgIpc) is 2.11. The first kappa shape index (κ1) is 6.01. The predicted octanol–water partition coefficient (Wildman–Crippen LogP) is 0.312. The normalized spacial score (nSPS) is 36.7. The Morgan fingerprint density at radius 3 is 2.78 bits per heavy atom. The zero-order chi connectivity index (χ0) is 6.10. The molecule has 2 aliphatic heterocycles. The summed E-state index contributed by atoms with van der Waals surface area (Å²) in [6.45, 7) is 3.82. The Balaban J connectivity index is 1.82. The first-order valence-electron chi connectivity index (χ1n) is 3.56. The topological polar surface area (TPSA) is 15.3 Å². The highest BCUT2D eigenvalue weighted by molar-refractivity contribution is 8.00. The molecule has 0 aliphatic carbocycles. The number of nitrogens with one attached hydrogen (secondary N) is 1. The lowest BCUT2D eigenvalue weighted by Gasteiger charge is -2.35. The molecule has 2 saturated heterocycles. The minimum atomic E-state index is 0.666. The zero-order valence-electron chi connectivity index (χ0n) is 5.47. The van der Waals surface area contributed by atoms with Crippen LogP contribution >= 0.6 is 11.8 Å². The highest BCUT2D eigenvalue weighted by Gasteiger charge is 2.26. The summed E-state index contributed by atoms with van der Waals surface area (Å²) in [7, 11) is 0. The van der Waals surface area contributed by atoms with Gasteiger partial charge in [0.2, 0.25) is 0 Å². The molecule has 0 amide bonds. The van der Waals surface area contributed by atoms with Gasteiger partial charge < -0.3 is 0 Å². The van der Waals surface area contributed by atoms with Crippen LogP contribution in [0.15, 0.2) is 0 Å². The predicted molar refractivity (Wildman–Crippen MR) is 40.4 cm³/mol. The van der Waals surface area contributed by atoms with Gasteiger partial charge in [0.25, 0.3) is 0 Å². The molecule has 9 heavy (non-hydrogen) atoms. The SMILES string of the molecule is C1CN(C2NCCS2)C1.